The molecule has 0 bridgehead atoms. The van der Waals surface area contributed by atoms with E-state index >= 15 is 0 Å². The van der Waals surface area contributed by atoms with Gasteiger partial charge in [0.15, 0.2) is 9.84 Å². The molecule has 0 spiro atoms. The summed E-state index contributed by atoms with van der Waals surface area (Å²) in [5, 5.41) is 9.99. The summed E-state index contributed by atoms with van der Waals surface area (Å²) in [6, 6.07) is 9.35. The Kier molecular flexibility index (Phi) is 5.68. The third-order valence-electron chi connectivity index (χ3n) is 5.43. The van der Waals surface area contributed by atoms with Gasteiger partial charge in [0.2, 0.25) is 0 Å². The van der Waals surface area contributed by atoms with E-state index in [-0.39, 0.29) is 16.2 Å². The third kappa shape index (κ3) is 4.93. The second-order valence-electron chi connectivity index (χ2n) is 7.70. The molecular weight excluding hydrogens is 370 g/mol. The predicted molar refractivity (Wildman–Crippen MR) is 101 cm³/mol. The number of halogens is 2. The quantitative estimate of drug-likeness (QED) is 0.797. The van der Waals surface area contributed by atoms with Crippen LogP contribution in [0.3, 0.4) is 0 Å². The van der Waals surface area contributed by atoms with Gasteiger partial charge in [-0.15, -0.1) is 0 Å². The van der Waals surface area contributed by atoms with Crippen molar-refractivity contribution >= 4 is 9.84 Å². The smallest absolute Gasteiger partial charge is 0.178 e. The Morgan fingerprint density at radius 2 is 1.70 bits per heavy atom. The molecule has 6 heteroatoms. The van der Waals surface area contributed by atoms with Crippen molar-refractivity contribution in [2.45, 2.75) is 49.5 Å². The molecular formula is C21H24F2O3S. The van der Waals surface area contributed by atoms with Crippen LogP contribution < -0.4 is 0 Å². The normalized spacial score (nSPS) is 23.3. The number of sulfone groups is 1. The maximum absolute atomic E-state index is 13.9. The molecule has 27 heavy (non-hydrogen) atoms. The summed E-state index contributed by atoms with van der Waals surface area (Å²) in [4.78, 5) is 0.205. The zero-order valence-corrected chi connectivity index (χ0v) is 16.1. The van der Waals surface area contributed by atoms with E-state index in [0.29, 0.717) is 30.7 Å². The van der Waals surface area contributed by atoms with Gasteiger partial charge in [-0.05, 0) is 74.8 Å². The summed E-state index contributed by atoms with van der Waals surface area (Å²) >= 11 is 0. The minimum absolute atomic E-state index is 0.0596. The summed E-state index contributed by atoms with van der Waals surface area (Å²) in [6.07, 6.45) is 3.66. The van der Waals surface area contributed by atoms with Gasteiger partial charge < -0.3 is 5.11 Å². The molecule has 1 fully saturated rings. The summed E-state index contributed by atoms with van der Waals surface area (Å²) in [7, 11) is -3.42. The lowest BCUT2D eigenvalue weighted by atomic mass is 9.79. The van der Waals surface area contributed by atoms with Crippen LogP contribution in [0.15, 0.2) is 47.4 Å². The van der Waals surface area contributed by atoms with E-state index in [9.17, 15) is 22.3 Å². The van der Waals surface area contributed by atoms with E-state index in [4.69, 9.17) is 0 Å². The Balaban J connectivity index is 1.67. The van der Waals surface area contributed by atoms with Gasteiger partial charge in [0.1, 0.15) is 11.6 Å². The molecule has 0 aromatic heterocycles. The average molecular weight is 394 g/mol. The Labute approximate surface area is 159 Å². The summed E-state index contributed by atoms with van der Waals surface area (Å²) in [5.74, 6) is -0.963. The Morgan fingerprint density at radius 3 is 2.30 bits per heavy atom. The van der Waals surface area contributed by atoms with Crippen molar-refractivity contribution in [3.8, 4) is 11.1 Å². The molecule has 2 aromatic carbocycles. The first kappa shape index (κ1) is 20.0. The van der Waals surface area contributed by atoms with Gasteiger partial charge in [0.25, 0.3) is 0 Å². The van der Waals surface area contributed by atoms with Gasteiger partial charge in [-0.2, -0.15) is 0 Å². The highest BCUT2D eigenvalue weighted by Crippen LogP contribution is 2.34. The molecule has 0 heterocycles. The standard InChI is InChI=1S/C21H24F2O3S/c1-21(24)11-8-15(9-12-21)10-13-27(25,26)18-5-2-16(3-6-18)19-7-4-17(22)14-20(19)23/h2-7,14-15,24H,8-13H2,1H3. The van der Waals surface area contributed by atoms with E-state index < -0.39 is 27.1 Å². The van der Waals surface area contributed by atoms with E-state index in [2.05, 4.69) is 0 Å². The maximum Gasteiger partial charge on any atom is 0.178 e. The summed E-state index contributed by atoms with van der Waals surface area (Å²) in [5.41, 5.74) is 0.108. The minimum Gasteiger partial charge on any atom is -0.390 e. The first-order valence-electron chi connectivity index (χ1n) is 9.17. The zero-order chi connectivity index (χ0) is 19.7. The number of hydrogen-bond donors (Lipinski definition) is 1. The molecule has 0 amide bonds. The molecule has 1 N–H and O–H groups in total. The molecule has 3 rings (SSSR count). The van der Waals surface area contributed by atoms with Gasteiger partial charge in [0.05, 0.1) is 16.2 Å². The lowest BCUT2D eigenvalue weighted by Crippen LogP contribution is -2.30. The van der Waals surface area contributed by atoms with Crippen LogP contribution >= 0.6 is 0 Å². The molecule has 3 nitrogen and oxygen atoms in total. The fraction of sp³-hybridized carbons (Fsp3) is 0.429. The number of rotatable bonds is 5. The van der Waals surface area contributed by atoms with Crippen LogP contribution in [0.2, 0.25) is 0 Å². The van der Waals surface area contributed by atoms with Crippen LogP contribution in [0, 0.1) is 17.6 Å². The van der Waals surface area contributed by atoms with Gasteiger partial charge >= 0.3 is 0 Å². The van der Waals surface area contributed by atoms with Crippen LogP contribution in [0.25, 0.3) is 11.1 Å². The fourth-order valence-electron chi connectivity index (χ4n) is 3.59. The van der Waals surface area contributed by atoms with Crippen LogP contribution in [0.4, 0.5) is 8.78 Å². The van der Waals surface area contributed by atoms with Crippen molar-refractivity contribution < 1.29 is 22.3 Å². The molecule has 1 aliphatic rings. The highest BCUT2D eigenvalue weighted by atomic mass is 32.2. The van der Waals surface area contributed by atoms with Crippen molar-refractivity contribution in [1.29, 1.82) is 0 Å². The number of benzene rings is 2. The Bertz CT molecular complexity index is 896. The summed E-state index contributed by atoms with van der Waals surface area (Å²) < 4.78 is 52.1. The maximum atomic E-state index is 13.9. The van der Waals surface area contributed by atoms with E-state index in [0.717, 1.165) is 18.9 Å². The monoisotopic (exact) mass is 394 g/mol. The fourth-order valence-corrected chi connectivity index (χ4v) is 5.02. The molecule has 146 valence electrons. The first-order chi connectivity index (χ1) is 12.7. The molecule has 0 atom stereocenters. The van der Waals surface area contributed by atoms with Crippen molar-refractivity contribution in [1.82, 2.24) is 0 Å². The van der Waals surface area contributed by atoms with Crippen molar-refractivity contribution in [2.24, 2.45) is 5.92 Å². The summed E-state index contributed by atoms with van der Waals surface area (Å²) in [6.45, 7) is 1.82. The highest BCUT2D eigenvalue weighted by Gasteiger charge is 2.29. The van der Waals surface area contributed by atoms with Crippen LogP contribution in [-0.2, 0) is 9.84 Å². The topological polar surface area (TPSA) is 54.4 Å². The molecule has 0 radical (unpaired) electrons. The molecule has 0 saturated heterocycles. The molecule has 1 aliphatic carbocycles. The van der Waals surface area contributed by atoms with Gasteiger partial charge in [-0.25, -0.2) is 17.2 Å². The SMILES string of the molecule is CC1(O)CCC(CCS(=O)(=O)c2ccc(-c3ccc(F)cc3F)cc2)CC1. The zero-order valence-electron chi connectivity index (χ0n) is 15.3. The van der Waals surface area contributed by atoms with E-state index in [1.165, 1.54) is 24.3 Å². The highest BCUT2D eigenvalue weighted by molar-refractivity contribution is 7.91. The first-order valence-corrected chi connectivity index (χ1v) is 10.8. The number of aliphatic hydroxyl groups is 1. The van der Waals surface area contributed by atoms with Gasteiger partial charge in [-0.1, -0.05) is 12.1 Å². The van der Waals surface area contributed by atoms with Crippen molar-refractivity contribution in [3.05, 3.63) is 54.1 Å². The Hall–Kier alpha value is -1.79. The largest absolute Gasteiger partial charge is 0.390 e. The van der Waals surface area contributed by atoms with E-state index in [1.807, 2.05) is 6.92 Å². The van der Waals surface area contributed by atoms with E-state index in [1.54, 1.807) is 12.1 Å². The minimum atomic E-state index is -3.42. The van der Waals surface area contributed by atoms with Gasteiger partial charge in [0, 0.05) is 11.6 Å². The van der Waals surface area contributed by atoms with Crippen molar-refractivity contribution in [2.75, 3.05) is 5.75 Å². The molecule has 1 saturated carbocycles. The predicted octanol–water partition coefficient (Wildman–Crippen LogP) is 4.74. The number of hydrogen-bond acceptors (Lipinski definition) is 3. The third-order valence-corrected chi connectivity index (χ3v) is 7.20. The Morgan fingerprint density at radius 1 is 1.07 bits per heavy atom. The van der Waals surface area contributed by atoms with Crippen LogP contribution in [-0.4, -0.2) is 24.9 Å². The lowest BCUT2D eigenvalue weighted by Gasteiger charge is -2.33. The molecule has 2 aromatic rings. The van der Waals surface area contributed by atoms with Gasteiger partial charge in [-0.3, -0.25) is 0 Å². The average Bonchev–Trinajstić information content (AvgIpc) is 2.61. The molecule has 0 unspecified atom stereocenters. The lowest BCUT2D eigenvalue weighted by molar-refractivity contribution is 0.00773. The van der Waals surface area contributed by atoms with Crippen LogP contribution in [0.5, 0.6) is 0 Å². The van der Waals surface area contributed by atoms with Crippen LogP contribution in [0.1, 0.15) is 39.0 Å². The second-order valence-corrected chi connectivity index (χ2v) is 9.81. The van der Waals surface area contributed by atoms with Crippen molar-refractivity contribution in [3.63, 3.8) is 0 Å². The molecule has 0 aliphatic heterocycles. The second kappa shape index (κ2) is 7.68.